The smallest absolute Gasteiger partial charge is 0.326 e. The first-order valence-electron chi connectivity index (χ1n) is 6.70. The van der Waals surface area contributed by atoms with Crippen molar-refractivity contribution in [2.45, 2.75) is 26.3 Å². The Balaban J connectivity index is 3.05. The van der Waals surface area contributed by atoms with Gasteiger partial charge in [-0.25, -0.2) is 4.79 Å². The Bertz CT molecular complexity index is 501. The fraction of sp³-hybridized carbons (Fsp3) is 0.385. The molecule has 1 aromatic carbocycles. The lowest BCUT2D eigenvalue weighted by molar-refractivity contribution is -0.139. The number of carboxylic acids is 1. The van der Waals surface area contributed by atoms with Crippen LogP contribution in [-0.2, 0) is 4.79 Å². The standard InChI is InChI=1S/C13H17NO3/c1-9(2)8-11(13(16)17)14-12(15)10-6-4-3-5-7-10/h3-7,9,11H,8H2,1-2H3,(H,14,15)(H,16,17)/t11-/m0/s1/i8D,9D,11D/t8-,11-. The van der Waals surface area contributed by atoms with Crippen molar-refractivity contribution in [1.29, 1.82) is 0 Å². The number of aliphatic carboxylic acids is 1. The summed E-state index contributed by atoms with van der Waals surface area (Å²) in [5.74, 6) is -3.93. The summed E-state index contributed by atoms with van der Waals surface area (Å²) in [5.41, 5.74) is 0.195. The number of carbonyl (C=O) groups excluding carboxylic acids is 1. The van der Waals surface area contributed by atoms with Crippen molar-refractivity contribution in [2.24, 2.45) is 5.89 Å². The summed E-state index contributed by atoms with van der Waals surface area (Å²) in [6, 6.07) is 5.27. The van der Waals surface area contributed by atoms with Crippen molar-refractivity contribution in [3.05, 3.63) is 35.9 Å². The van der Waals surface area contributed by atoms with Crippen LogP contribution >= 0.6 is 0 Å². The lowest BCUT2D eigenvalue weighted by Gasteiger charge is -2.16. The van der Waals surface area contributed by atoms with Crippen LogP contribution in [0.4, 0.5) is 0 Å². The summed E-state index contributed by atoms with van der Waals surface area (Å²) in [4.78, 5) is 23.2. The van der Waals surface area contributed by atoms with Gasteiger partial charge >= 0.3 is 5.97 Å². The Morgan fingerprint density at radius 3 is 2.47 bits per heavy atom. The van der Waals surface area contributed by atoms with Crippen molar-refractivity contribution >= 4 is 11.9 Å². The molecule has 4 nitrogen and oxygen atoms in total. The fourth-order valence-corrected chi connectivity index (χ4v) is 1.22. The highest BCUT2D eigenvalue weighted by molar-refractivity contribution is 5.96. The maximum absolute atomic E-state index is 12.0. The third-order valence-corrected chi connectivity index (χ3v) is 1.95. The molecule has 17 heavy (non-hydrogen) atoms. The molecule has 0 aliphatic rings. The predicted octanol–water partition coefficient (Wildman–Crippen LogP) is 1.92. The Hall–Kier alpha value is -1.84. The summed E-state index contributed by atoms with van der Waals surface area (Å²) < 4.78 is 23.4. The monoisotopic (exact) mass is 238 g/mol. The van der Waals surface area contributed by atoms with Crippen LogP contribution in [0.15, 0.2) is 30.3 Å². The van der Waals surface area contributed by atoms with Gasteiger partial charge in [0.25, 0.3) is 5.91 Å². The van der Waals surface area contributed by atoms with Crippen molar-refractivity contribution < 1.29 is 18.8 Å². The quantitative estimate of drug-likeness (QED) is 0.823. The molecule has 0 aliphatic carbocycles. The van der Waals surface area contributed by atoms with Crippen LogP contribution in [0, 0.1) is 5.89 Å². The number of hydrogen-bond acceptors (Lipinski definition) is 2. The third kappa shape index (κ3) is 4.26. The van der Waals surface area contributed by atoms with Gasteiger partial charge in [0, 0.05) is 8.30 Å². The number of amides is 1. The van der Waals surface area contributed by atoms with E-state index in [0.29, 0.717) is 0 Å². The SMILES string of the molecule is [2H][C@@H](C([2H])(C)C)[C@]([2H])(NC(=O)c1ccccc1)C(=O)O. The molecule has 0 heterocycles. The molecule has 0 aliphatic heterocycles. The normalized spacial score (nSPS) is 19.1. The van der Waals surface area contributed by atoms with Crippen molar-refractivity contribution in [3.8, 4) is 0 Å². The number of rotatable bonds is 5. The number of carbonyl (C=O) groups is 2. The fourth-order valence-electron chi connectivity index (χ4n) is 1.22. The van der Waals surface area contributed by atoms with Crippen LogP contribution in [0.2, 0.25) is 0 Å². The highest BCUT2D eigenvalue weighted by Gasteiger charge is 2.21. The van der Waals surface area contributed by atoms with Crippen LogP contribution in [0.5, 0.6) is 0 Å². The summed E-state index contributed by atoms with van der Waals surface area (Å²) in [5, 5.41) is 11.2. The zero-order valence-corrected chi connectivity index (χ0v) is 9.73. The molecule has 92 valence electrons. The predicted molar refractivity (Wildman–Crippen MR) is 64.8 cm³/mol. The highest BCUT2D eigenvalue weighted by atomic mass is 16.4. The van der Waals surface area contributed by atoms with Crippen LogP contribution in [-0.4, -0.2) is 23.0 Å². The van der Waals surface area contributed by atoms with E-state index < -0.39 is 30.2 Å². The number of carboxylic acid groups (broad SMARTS) is 1. The number of nitrogens with one attached hydrogen (secondary N) is 1. The minimum Gasteiger partial charge on any atom is -0.480 e. The summed E-state index contributed by atoms with van der Waals surface area (Å²) in [6.45, 7) is 2.65. The molecule has 0 radical (unpaired) electrons. The van der Waals surface area contributed by atoms with Gasteiger partial charge in [-0.1, -0.05) is 32.0 Å². The molecule has 0 aromatic heterocycles. The Morgan fingerprint density at radius 1 is 1.41 bits per heavy atom. The van der Waals surface area contributed by atoms with Gasteiger partial charge in [0.2, 0.25) is 0 Å². The van der Waals surface area contributed by atoms with Crippen molar-refractivity contribution in [2.75, 3.05) is 0 Å². The second-order valence-corrected chi connectivity index (χ2v) is 3.76. The molecule has 2 N–H and O–H groups in total. The van der Waals surface area contributed by atoms with E-state index in [-0.39, 0.29) is 5.56 Å². The van der Waals surface area contributed by atoms with E-state index in [0.717, 1.165) is 0 Å². The van der Waals surface area contributed by atoms with E-state index in [1.165, 1.54) is 26.0 Å². The zero-order valence-electron chi connectivity index (χ0n) is 12.7. The van der Waals surface area contributed by atoms with Crippen molar-refractivity contribution in [3.63, 3.8) is 0 Å². The first-order valence-corrected chi connectivity index (χ1v) is 5.12. The molecule has 0 saturated carbocycles. The average Bonchev–Trinajstić information content (AvgIpc) is 2.37. The van der Waals surface area contributed by atoms with Gasteiger partial charge in [-0.3, -0.25) is 4.79 Å². The summed E-state index contributed by atoms with van der Waals surface area (Å²) in [7, 11) is 0. The average molecular weight is 238 g/mol. The topological polar surface area (TPSA) is 66.4 Å². The third-order valence-electron chi connectivity index (χ3n) is 1.95. The molecule has 0 bridgehead atoms. The molecule has 0 spiro atoms. The molecule has 1 rings (SSSR count). The first kappa shape index (κ1) is 9.22. The van der Waals surface area contributed by atoms with Crippen molar-refractivity contribution in [1.82, 2.24) is 5.32 Å². The minimum atomic E-state index is -2.59. The molecular weight excluding hydrogens is 218 g/mol. The van der Waals surface area contributed by atoms with E-state index in [2.05, 4.69) is 0 Å². The number of benzene rings is 1. The maximum Gasteiger partial charge on any atom is 0.326 e. The van der Waals surface area contributed by atoms with E-state index in [1.807, 2.05) is 5.32 Å². The van der Waals surface area contributed by atoms with Gasteiger partial charge in [-0.05, 0) is 24.4 Å². The second kappa shape index (κ2) is 6.03. The molecule has 1 aromatic rings. The number of hydrogen-bond donors (Lipinski definition) is 2. The van der Waals surface area contributed by atoms with Crippen LogP contribution in [0.25, 0.3) is 0 Å². The zero-order chi connectivity index (χ0) is 15.6. The van der Waals surface area contributed by atoms with E-state index in [4.69, 9.17) is 9.22 Å². The minimum absolute atomic E-state index is 0.195. The van der Waals surface area contributed by atoms with E-state index in [9.17, 15) is 9.59 Å². The largest absolute Gasteiger partial charge is 0.480 e. The van der Waals surface area contributed by atoms with Gasteiger partial charge in [0.05, 0.1) is 1.37 Å². The molecule has 4 heteroatoms. The van der Waals surface area contributed by atoms with Gasteiger partial charge in [0.1, 0.15) is 6.02 Å². The lowest BCUT2D eigenvalue weighted by Crippen LogP contribution is -2.41. The summed E-state index contributed by atoms with van der Waals surface area (Å²) in [6.07, 6.45) is -1.65. The highest BCUT2D eigenvalue weighted by Crippen LogP contribution is 2.06. The molecule has 1 amide bonds. The second-order valence-electron chi connectivity index (χ2n) is 3.76. The van der Waals surface area contributed by atoms with Gasteiger partial charge in [-0.15, -0.1) is 0 Å². The van der Waals surface area contributed by atoms with Crippen LogP contribution < -0.4 is 5.32 Å². The first-order chi connectivity index (χ1) is 9.09. The Kier molecular flexibility index (Phi) is 3.27. The Labute approximate surface area is 105 Å². The van der Waals surface area contributed by atoms with Gasteiger partial charge in [0.15, 0.2) is 0 Å². The van der Waals surface area contributed by atoms with E-state index in [1.54, 1.807) is 18.2 Å². The molecule has 2 atom stereocenters. The van der Waals surface area contributed by atoms with E-state index >= 15 is 0 Å². The van der Waals surface area contributed by atoms with Crippen LogP contribution in [0.3, 0.4) is 0 Å². The molecule has 0 saturated heterocycles. The lowest BCUT2D eigenvalue weighted by atomic mass is 10.0. The maximum atomic E-state index is 12.0. The van der Waals surface area contributed by atoms with Crippen LogP contribution in [0.1, 0.15) is 34.7 Å². The molecule has 0 fully saturated rings. The summed E-state index contributed by atoms with van der Waals surface area (Å²) >= 11 is 0. The van der Waals surface area contributed by atoms with Gasteiger partial charge in [-0.2, -0.15) is 0 Å². The molecular formula is C13H17NO3. The molecule has 0 unspecified atom stereocenters. The van der Waals surface area contributed by atoms with Gasteiger partial charge < -0.3 is 10.4 Å². The Morgan fingerprint density at radius 2 is 2.00 bits per heavy atom.